The van der Waals surface area contributed by atoms with Gasteiger partial charge in [-0.05, 0) is 35.9 Å². The van der Waals surface area contributed by atoms with E-state index in [1.165, 1.54) is 4.90 Å². The fourth-order valence-electron chi connectivity index (χ4n) is 2.21. The van der Waals surface area contributed by atoms with Crippen molar-refractivity contribution in [2.45, 2.75) is 6.54 Å². The molecular weight excluding hydrogens is 320 g/mol. The Morgan fingerprint density at radius 2 is 1.60 bits per heavy atom. The van der Waals surface area contributed by atoms with Crippen LogP contribution in [-0.4, -0.2) is 16.7 Å². The first kappa shape index (κ1) is 12.9. The second kappa shape index (κ2) is 4.76. The van der Waals surface area contributed by atoms with Gasteiger partial charge < -0.3 is 5.73 Å². The molecule has 0 bridgehead atoms. The van der Waals surface area contributed by atoms with Crippen molar-refractivity contribution in [2.24, 2.45) is 0 Å². The van der Waals surface area contributed by atoms with Crippen LogP contribution in [0.15, 0.2) is 46.9 Å². The van der Waals surface area contributed by atoms with E-state index in [9.17, 15) is 9.59 Å². The minimum Gasteiger partial charge on any atom is -0.399 e. The number of amides is 2. The molecule has 0 aromatic heterocycles. The van der Waals surface area contributed by atoms with Gasteiger partial charge in [0.2, 0.25) is 0 Å². The third kappa shape index (κ3) is 2.10. The minimum atomic E-state index is -0.261. The van der Waals surface area contributed by atoms with Gasteiger partial charge in [-0.3, -0.25) is 14.5 Å². The Morgan fingerprint density at radius 1 is 0.950 bits per heavy atom. The molecular formula is C15H11BrN2O2. The van der Waals surface area contributed by atoms with Crippen LogP contribution in [0.4, 0.5) is 5.69 Å². The summed E-state index contributed by atoms with van der Waals surface area (Å²) in [5.74, 6) is -0.516. The number of imide groups is 1. The second-order valence-corrected chi connectivity index (χ2v) is 5.54. The quantitative estimate of drug-likeness (QED) is 0.680. The molecule has 0 radical (unpaired) electrons. The summed E-state index contributed by atoms with van der Waals surface area (Å²) in [6, 6.07) is 12.2. The van der Waals surface area contributed by atoms with Crippen LogP contribution in [0.5, 0.6) is 0 Å². The Kier molecular flexibility index (Phi) is 3.06. The van der Waals surface area contributed by atoms with Gasteiger partial charge in [0.15, 0.2) is 0 Å². The summed E-state index contributed by atoms with van der Waals surface area (Å²) >= 11 is 3.31. The summed E-state index contributed by atoms with van der Waals surface area (Å²) in [5, 5.41) is 0. The van der Waals surface area contributed by atoms with Crippen LogP contribution >= 0.6 is 15.9 Å². The van der Waals surface area contributed by atoms with Crippen molar-refractivity contribution < 1.29 is 9.59 Å². The molecule has 3 rings (SSSR count). The minimum absolute atomic E-state index is 0.254. The number of benzene rings is 2. The van der Waals surface area contributed by atoms with Crippen molar-refractivity contribution in [3.8, 4) is 0 Å². The fraction of sp³-hybridized carbons (Fsp3) is 0.0667. The number of rotatable bonds is 2. The van der Waals surface area contributed by atoms with Crippen LogP contribution in [0, 0.1) is 0 Å². The van der Waals surface area contributed by atoms with Crippen molar-refractivity contribution in [3.63, 3.8) is 0 Å². The number of carbonyl (C=O) groups excluding carboxylic acids is 2. The van der Waals surface area contributed by atoms with Gasteiger partial charge in [-0.1, -0.05) is 28.1 Å². The monoisotopic (exact) mass is 330 g/mol. The Balaban J connectivity index is 1.91. The Morgan fingerprint density at radius 3 is 2.30 bits per heavy atom. The summed E-state index contributed by atoms with van der Waals surface area (Å²) in [6.45, 7) is 0.254. The Labute approximate surface area is 124 Å². The first-order chi connectivity index (χ1) is 9.56. The zero-order valence-electron chi connectivity index (χ0n) is 10.5. The van der Waals surface area contributed by atoms with Crippen LogP contribution in [0.1, 0.15) is 26.3 Å². The Bertz CT molecular complexity index is 710. The average Bonchev–Trinajstić information content (AvgIpc) is 2.66. The van der Waals surface area contributed by atoms with Gasteiger partial charge >= 0.3 is 0 Å². The predicted octanol–water partition coefficient (Wildman–Crippen LogP) is 2.83. The van der Waals surface area contributed by atoms with Crippen molar-refractivity contribution in [1.82, 2.24) is 4.90 Å². The van der Waals surface area contributed by atoms with Gasteiger partial charge in [0.25, 0.3) is 11.8 Å². The van der Waals surface area contributed by atoms with E-state index in [1.807, 2.05) is 12.1 Å². The van der Waals surface area contributed by atoms with Crippen molar-refractivity contribution in [3.05, 3.63) is 63.6 Å². The highest BCUT2D eigenvalue weighted by atomic mass is 79.9. The zero-order chi connectivity index (χ0) is 14.3. The van der Waals surface area contributed by atoms with E-state index in [0.717, 1.165) is 10.0 Å². The number of hydrogen-bond acceptors (Lipinski definition) is 3. The zero-order valence-corrected chi connectivity index (χ0v) is 12.1. The van der Waals surface area contributed by atoms with E-state index < -0.39 is 0 Å². The summed E-state index contributed by atoms with van der Waals surface area (Å²) in [4.78, 5) is 25.8. The lowest BCUT2D eigenvalue weighted by Gasteiger charge is -2.13. The molecule has 1 aliphatic rings. The molecule has 0 saturated heterocycles. The number of fused-ring (bicyclic) bond motifs is 1. The molecule has 5 heteroatoms. The molecule has 0 fully saturated rings. The molecule has 2 N–H and O–H groups in total. The van der Waals surface area contributed by atoms with Gasteiger partial charge in [-0.2, -0.15) is 0 Å². The number of nitrogens with two attached hydrogens (primary N) is 1. The number of nitrogens with zero attached hydrogens (tertiary/aromatic N) is 1. The average molecular weight is 331 g/mol. The summed E-state index contributed by atoms with van der Waals surface area (Å²) < 4.78 is 0.784. The molecule has 1 aliphatic heterocycles. The maximum Gasteiger partial charge on any atom is 0.261 e. The molecule has 0 aliphatic carbocycles. The lowest BCUT2D eigenvalue weighted by Crippen LogP contribution is -2.29. The Hall–Kier alpha value is -2.14. The topological polar surface area (TPSA) is 63.4 Å². The molecule has 2 aromatic rings. The van der Waals surface area contributed by atoms with Crippen LogP contribution < -0.4 is 5.73 Å². The first-order valence-electron chi connectivity index (χ1n) is 6.06. The van der Waals surface area contributed by atoms with E-state index in [0.29, 0.717) is 16.8 Å². The number of hydrogen-bond donors (Lipinski definition) is 1. The summed E-state index contributed by atoms with van der Waals surface area (Å²) in [6.07, 6.45) is 0. The first-order valence-corrected chi connectivity index (χ1v) is 6.86. The molecule has 2 amide bonds. The third-order valence-corrected chi connectivity index (χ3v) is 3.75. The SMILES string of the molecule is Nc1ccc(CN2C(=O)c3ccc(Br)cc3C2=O)cc1. The smallest absolute Gasteiger partial charge is 0.261 e. The van der Waals surface area contributed by atoms with Gasteiger partial charge in [-0.25, -0.2) is 0 Å². The van der Waals surface area contributed by atoms with E-state index in [1.54, 1.807) is 30.3 Å². The van der Waals surface area contributed by atoms with E-state index in [2.05, 4.69) is 15.9 Å². The van der Waals surface area contributed by atoms with Gasteiger partial charge in [-0.15, -0.1) is 0 Å². The van der Waals surface area contributed by atoms with Crippen LogP contribution in [0.3, 0.4) is 0 Å². The lowest BCUT2D eigenvalue weighted by molar-refractivity contribution is 0.0642. The highest BCUT2D eigenvalue weighted by Crippen LogP contribution is 2.27. The number of carbonyl (C=O) groups is 2. The van der Waals surface area contributed by atoms with Gasteiger partial charge in [0, 0.05) is 10.2 Å². The van der Waals surface area contributed by atoms with Crippen LogP contribution in [0.2, 0.25) is 0 Å². The largest absolute Gasteiger partial charge is 0.399 e. The van der Waals surface area contributed by atoms with Gasteiger partial charge in [0.05, 0.1) is 17.7 Å². The van der Waals surface area contributed by atoms with E-state index >= 15 is 0 Å². The standard InChI is InChI=1S/C15H11BrN2O2/c16-10-3-6-12-13(7-10)15(20)18(14(12)19)8-9-1-4-11(17)5-2-9/h1-7H,8,17H2. The summed E-state index contributed by atoms with van der Waals surface area (Å²) in [5.41, 5.74) is 8.04. The number of nitrogen functional groups attached to an aromatic ring is 1. The van der Waals surface area contributed by atoms with E-state index in [-0.39, 0.29) is 18.4 Å². The maximum absolute atomic E-state index is 12.3. The lowest BCUT2D eigenvalue weighted by atomic mass is 10.1. The predicted molar refractivity (Wildman–Crippen MR) is 79.2 cm³/mol. The maximum atomic E-state index is 12.3. The number of halogens is 1. The molecule has 100 valence electrons. The highest BCUT2D eigenvalue weighted by Gasteiger charge is 2.35. The van der Waals surface area contributed by atoms with Crippen molar-refractivity contribution in [2.75, 3.05) is 5.73 Å². The van der Waals surface area contributed by atoms with Crippen LogP contribution in [0.25, 0.3) is 0 Å². The van der Waals surface area contributed by atoms with E-state index in [4.69, 9.17) is 5.73 Å². The molecule has 0 unspecified atom stereocenters. The molecule has 0 saturated carbocycles. The molecule has 1 heterocycles. The van der Waals surface area contributed by atoms with Crippen LogP contribution in [-0.2, 0) is 6.54 Å². The molecule has 0 atom stereocenters. The van der Waals surface area contributed by atoms with Crippen molar-refractivity contribution in [1.29, 1.82) is 0 Å². The molecule has 2 aromatic carbocycles. The number of anilines is 1. The molecule has 20 heavy (non-hydrogen) atoms. The second-order valence-electron chi connectivity index (χ2n) is 4.63. The molecule has 4 nitrogen and oxygen atoms in total. The normalized spacial score (nSPS) is 13.8. The third-order valence-electron chi connectivity index (χ3n) is 3.25. The summed E-state index contributed by atoms with van der Waals surface area (Å²) in [7, 11) is 0. The van der Waals surface area contributed by atoms with Crippen molar-refractivity contribution >= 4 is 33.4 Å². The molecule has 0 spiro atoms. The van der Waals surface area contributed by atoms with Gasteiger partial charge in [0.1, 0.15) is 0 Å². The highest BCUT2D eigenvalue weighted by molar-refractivity contribution is 9.10. The fourth-order valence-corrected chi connectivity index (χ4v) is 2.57.